The minimum absolute atomic E-state index is 0.300. The summed E-state index contributed by atoms with van der Waals surface area (Å²) in [6, 6.07) is 0. The molecule has 0 fully saturated rings. The van der Waals surface area contributed by atoms with Gasteiger partial charge in [0.15, 0.2) is 0 Å². The summed E-state index contributed by atoms with van der Waals surface area (Å²) >= 11 is 3.05. The standard InChI is InChI=1S/C9H11BrO3/c1-2-3-4-5-6-7(10)9(12)13-8(6)11/h2-5H2,1H3. The molecule has 72 valence electrons. The van der Waals surface area contributed by atoms with E-state index in [-0.39, 0.29) is 0 Å². The summed E-state index contributed by atoms with van der Waals surface area (Å²) in [4.78, 5) is 21.9. The van der Waals surface area contributed by atoms with Crippen LogP contribution in [0.1, 0.15) is 32.6 Å². The van der Waals surface area contributed by atoms with Crippen molar-refractivity contribution in [1.29, 1.82) is 0 Å². The maximum Gasteiger partial charge on any atom is 0.353 e. The first kappa shape index (κ1) is 10.4. The van der Waals surface area contributed by atoms with Gasteiger partial charge in [-0.2, -0.15) is 0 Å². The van der Waals surface area contributed by atoms with Gasteiger partial charge in [-0.25, -0.2) is 9.59 Å². The molecule has 0 atom stereocenters. The minimum Gasteiger partial charge on any atom is -0.386 e. The van der Waals surface area contributed by atoms with E-state index in [0.29, 0.717) is 16.5 Å². The van der Waals surface area contributed by atoms with Crippen LogP contribution < -0.4 is 0 Å². The van der Waals surface area contributed by atoms with E-state index in [1.807, 2.05) is 0 Å². The van der Waals surface area contributed by atoms with Crippen LogP contribution in [0.2, 0.25) is 0 Å². The van der Waals surface area contributed by atoms with E-state index in [1.54, 1.807) is 0 Å². The van der Waals surface area contributed by atoms with Crippen LogP contribution in [0.3, 0.4) is 0 Å². The van der Waals surface area contributed by atoms with Gasteiger partial charge in [0, 0.05) is 0 Å². The third-order valence-electron chi connectivity index (χ3n) is 1.91. The van der Waals surface area contributed by atoms with Gasteiger partial charge < -0.3 is 4.74 Å². The Hall–Kier alpha value is -0.640. The fourth-order valence-electron chi connectivity index (χ4n) is 1.17. The first-order valence-corrected chi connectivity index (χ1v) is 5.11. The van der Waals surface area contributed by atoms with Gasteiger partial charge in [-0.15, -0.1) is 0 Å². The smallest absolute Gasteiger partial charge is 0.353 e. The topological polar surface area (TPSA) is 43.4 Å². The Balaban J connectivity index is 2.56. The molecule has 0 aromatic rings. The SMILES string of the molecule is CCCCCC1=C(Br)C(=O)OC1=O. The number of rotatable bonds is 4. The molecule has 4 heteroatoms. The zero-order chi connectivity index (χ0) is 9.84. The maximum atomic E-state index is 11.1. The average molecular weight is 247 g/mol. The average Bonchev–Trinajstić information content (AvgIpc) is 2.32. The number of esters is 2. The normalized spacial score (nSPS) is 16.8. The van der Waals surface area contributed by atoms with Crippen molar-refractivity contribution in [3.05, 3.63) is 10.1 Å². The lowest BCUT2D eigenvalue weighted by molar-refractivity contribution is -0.150. The van der Waals surface area contributed by atoms with Crippen LogP contribution in [-0.2, 0) is 14.3 Å². The lowest BCUT2D eigenvalue weighted by atomic mass is 10.1. The number of hydrogen-bond donors (Lipinski definition) is 0. The molecule has 0 saturated heterocycles. The van der Waals surface area contributed by atoms with E-state index in [4.69, 9.17) is 0 Å². The van der Waals surface area contributed by atoms with Crippen molar-refractivity contribution in [2.45, 2.75) is 32.6 Å². The van der Waals surface area contributed by atoms with Crippen LogP contribution in [0, 0.1) is 0 Å². The molecule has 0 spiro atoms. The molecule has 3 nitrogen and oxygen atoms in total. The first-order valence-electron chi connectivity index (χ1n) is 4.32. The Morgan fingerprint density at radius 2 is 1.92 bits per heavy atom. The van der Waals surface area contributed by atoms with E-state index in [9.17, 15) is 9.59 Å². The molecule has 0 aromatic heterocycles. The van der Waals surface area contributed by atoms with Crippen LogP contribution in [0.4, 0.5) is 0 Å². The molecule has 1 heterocycles. The number of carbonyl (C=O) groups excluding carboxylic acids is 2. The largest absolute Gasteiger partial charge is 0.386 e. The molecule has 0 saturated carbocycles. The van der Waals surface area contributed by atoms with Crippen molar-refractivity contribution in [2.75, 3.05) is 0 Å². The second kappa shape index (κ2) is 4.56. The lowest BCUT2D eigenvalue weighted by Gasteiger charge is -1.96. The Bertz CT molecular complexity index is 268. The summed E-state index contributed by atoms with van der Waals surface area (Å²) in [6.45, 7) is 2.08. The van der Waals surface area contributed by atoms with Gasteiger partial charge in [0.1, 0.15) is 4.48 Å². The van der Waals surface area contributed by atoms with Crippen molar-refractivity contribution in [1.82, 2.24) is 0 Å². The second-order valence-electron chi connectivity index (χ2n) is 2.93. The molecule has 0 radical (unpaired) electrons. The van der Waals surface area contributed by atoms with Crippen LogP contribution in [0.15, 0.2) is 10.1 Å². The predicted molar refractivity (Wildman–Crippen MR) is 51.2 cm³/mol. The van der Waals surface area contributed by atoms with Crippen molar-refractivity contribution in [3.63, 3.8) is 0 Å². The molecule has 1 rings (SSSR count). The Labute approximate surface area is 85.3 Å². The second-order valence-corrected chi connectivity index (χ2v) is 3.72. The number of halogens is 1. The number of carbonyl (C=O) groups is 2. The highest BCUT2D eigenvalue weighted by Gasteiger charge is 2.30. The summed E-state index contributed by atoms with van der Waals surface area (Å²) in [7, 11) is 0. The fraction of sp³-hybridized carbons (Fsp3) is 0.556. The van der Waals surface area contributed by atoms with Crippen LogP contribution in [0.25, 0.3) is 0 Å². The van der Waals surface area contributed by atoms with E-state index in [1.165, 1.54) is 0 Å². The molecule has 13 heavy (non-hydrogen) atoms. The Kier molecular flexibility index (Phi) is 3.66. The number of cyclic esters (lactones) is 2. The molecule has 0 aliphatic carbocycles. The highest BCUT2D eigenvalue weighted by Crippen LogP contribution is 2.26. The van der Waals surface area contributed by atoms with Crippen molar-refractivity contribution in [3.8, 4) is 0 Å². The molecule has 0 aromatic carbocycles. The monoisotopic (exact) mass is 246 g/mol. The van der Waals surface area contributed by atoms with E-state index >= 15 is 0 Å². The molecule has 1 aliphatic heterocycles. The third-order valence-corrected chi connectivity index (χ3v) is 2.71. The highest BCUT2D eigenvalue weighted by molar-refractivity contribution is 9.12. The molecular formula is C9H11BrO3. The third kappa shape index (κ3) is 2.40. The van der Waals surface area contributed by atoms with Gasteiger partial charge in [-0.05, 0) is 28.8 Å². The molecule has 1 aliphatic rings. The summed E-state index contributed by atoms with van der Waals surface area (Å²) in [5.74, 6) is -1.05. The van der Waals surface area contributed by atoms with E-state index < -0.39 is 11.9 Å². The van der Waals surface area contributed by atoms with Crippen molar-refractivity contribution in [2.24, 2.45) is 0 Å². The molecule has 0 N–H and O–H groups in total. The van der Waals surface area contributed by atoms with Gasteiger partial charge in [-0.3, -0.25) is 0 Å². The van der Waals surface area contributed by atoms with Gasteiger partial charge in [0.05, 0.1) is 5.57 Å². The minimum atomic E-state index is -0.559. The molecule has 0 unspecified atom stereocenters. The summed E-state index contributed by atoms with van der Waals surface area (Å²) in [5, 5.41) is 0. The van der Waals surface area contributed by atoms with Crippen LogP contribution in [0.5, 0.6) is 0 Å². The zero-order valence-electron chi connectivity index (χ0n) is 7.43. The first-order chi connectivity index (χ1) is 6.16. The summed E-state index contributed by atoms with van der Waals surface area (Å²) < 4.78 is 4.72. The van der Waals surface area contributed by atoms with Gasteiger partial charge in [0.2, 0.25) is 0 Å². The number of unbranched alkanes of at least 4 members (excludes halogenated alkanes) is 2. The quantitative estimate of drug-likeness (QED) is 0.435. The summed E-state index contributed by atoms with van der Waals surface area (Å²) in [6.07, 6.45) is 3.70. The predicted octanol–water partition coefficient (Wildman–Crippen LogP) is 2.30. The van der Waals surface area contributed by atoms with Gasteiger partial charge >= 0.3 is 11.9 Å². The van der Waals surface area contributed by atoms with E-state index in [0.717, 1.165) is 19.3 Å². The number of hydrogen-bond acceptors (Lipinski definition) is 3. The van der Waals surface area contributed by atoms with Crippen LogP contribution in [-0.4, -0.2) is 11.9 Å². The highest BCUT2D eigenvalue weighted by atomic mass is 79.9. The van der Waals surface area contributed by atoms with Gasteiger partial charge in [-0.1, -0.05) is 19.8 Å². The Morgan fingerprint density at radius 3 is 2.38 bits per heavy atom. The summed E-state index contributed by atoms with van der Waals surface area (Å²) in [5.41, 5.74) is 0.485. The fourth-order valence-corrected chi connectivity index (χ4v) is 1.61. The number of ether oxygens (including phenoxy) is 1. The van der Waals surface area contributed by atoms with Crippen molar-refractivity contribution < 1.29 is 14.3 Å². The molecule has 0 bridgehead atoms. The van der Waals surface area contributed by atoms with Gasteiger partial charge in [0.25, 0.3) is 0 Å². The van der Waals surface area contributed by atoms with E-state index in [2.05, 4.69) is 27.6 Å². The zero-order valence-corrected chi connectivity index (χ0v) is 9.02. The van der Waals surface area contributed by atoms with Crippen molar-refractivity contribution >= 4 is 27.9 Å². The molecular weight excluding hydrogens is 236 g/mol. The van der Waals surface area contributed by atoms with Crippen LogP contribution >= 0.6 is 15.9 Å². The lowest BCUT2D eigenvalue weighted by Crippen LogP contribution is -2.01. The Morgan fingerprint density at radius 1 is 1.23 bits per heavy atom. The molecule has 0 amide bonds. The maximum absolute atomic E-state index is 11.1.